The van der Waals surface area contributed by atoms with Gasteiger partial charge in [0, 0.05) is 0 Å². The Morgan fingerprint density at radius 3 is 2.38 bits per heavy atom. The summed E-state index contributed by atoms with van der Waals surface area (Å²) in [6, 6.07) is 0. The largest absolute Gasteiger partial charge is 0.493 e. The van der Waals surface area contributed by atoms with Gasteiger partial charge >= 0.3 is 0 Å². The van der Waals surface area contributed by atoms with Gasteiger partial charge < -0.3 is 9.47 Å². The molecule has 2 nitrogen and oxygen atoms in total. The second-order valence-corrected chi connectivity index (χ2v) is 3.19. The molecule has 0 fully saturated rings. The molecule has 0 saturated heterocycles. The van der Waals surface area contributed by atoms with Gasteiger partial charge in [-0.3, -0.25) is 0 Å². The zero-order valence-corrected chi connectivity index (χ0v) is 9.39. The van der Waals surface area contributed by atoms with Crippen LogP contribution in [-0.4, -0.2) is 19.1 Å². The molecule has 76 valence electrons. The standard InChI is InChI=1S/C10H17ClO2/c1-5-9(13-6-2)10(12-4)7-8(3)11/h5,7-8H,6H2,1-4H3/b9-5+,10-7?. The van der Waals surface area contributed by atoms with Crippen LogP contribution in [0, 0.1) is 0 Å². The first-order chi connectivity index (χ1) is 6.15. The van der Waals surface area contributed by atoms with Gasteiger partial charge in [-0.05, 0) is 32.9 Å². The fourth-order valence-electron chi connectivity index (χ4n) is 0.912. The Bertz CT molecular complexity index is 195. The van der Waals surface area contributed by atoms with Crippen molar-refractivity contribution in [1.29, 1.82) is 0 Å². The zero-order valence-electron chi connectivity index (χ0n) is 8.63. The summed E-state index contributed by atoms with van der Waals surface area (Å²) in [7, 11) is 1.60. The summed E-state index contributed by atoms with van der Waals surface area (Å²) in [6.45, 7) is 6.33. The van der Waals surface area contributed by atoms with Crippen molar-refractivity contribution < 1.29 is 9.47 Å². The first kappa shape index (κ1) is 12.4. The Labute approximate surface area is 85.2 Å². The van der Waals surface area contributed by atoms with Crippen LogP contribution in [0.2, 0.25) is 0 Å². The zero-order chi connectivity index (χ0) is 10.3. The second kappa shape index (κ2) is 6.84. The first-order valence-electron chi connectivity index (χ1n) is 4.35. The van der Waals surface area contributed by atoms with Crippen molar-refractivity contribution in [3.8, 4) is 0 Å². The molecule has 1 atom stereocenters. The topological polar surface area (TPSA) is 18.5 Å². The third kappa shape index (κ3) is 4.83. The summed E-state index contributed by atoms with van der Waals surface area (Å²) >= 11 is 5.81. The molecule has 0 aromatic carbocycles. The fourth-order valence-corrected chi connectivity index (χ4v) is 1.03. The Morgan fingerprint density at radius 2 is 2.08 bits per heavy atom. The van der Waals surface area contributed by atoms with E-state index in [0.29, 0.717) is 12.4 Å². The number of hydrogen-bond acceptors (Lipinski definition) is 2. The molecule has 0 saturated carbocycles. The smallest absolute Gasteiger partial charge is 0.157 e. The van der Waals surface area contributed by atoms with Crippen LogP contribution >= 0.6 is 11.6 Å². The lowest BCUT2D eigenvalue weighted by molar-refractivity contribution is 0.186. The molecule has 0 aliphatic carbocycles. The van der Waals surface area contributed by atoms with Crippen LogP contribution in [0.4, 0.5) is 0 Å². The highest BCUT2D eigenvalue weighted by atomic mass is 35.5. The predicted octanol–water partition coefficient (Wildman–Crippen LogP) is 3.08. The summed E-state index contributed by atoms with van der Waals surface area (Å²) < 4.78 is 10.5. The quantitative estimate of drug-likeness (QED) is 0.389. The van der Waals surface area contributed by atoms with Gasteiger partial charge in [0.25, 0.3) is 0 Å². The lowest BCUT2D eigenvalue weighted by atomic mass is 10.3. The molecule has 3 heteroatoms. The van der Waals surface area contributed by atoms with Crippen molar-refractivity contribution in [2.24, 2.45) is 0 Å². The first-order valence-corrected chi connectivity index (χ1v) is 4.78. The van der Waals surface area contributed by atoms with Crippen molar-refractivity contribution in [2.75, 3.05) is 13.7 Å². The van der Waals surface area contributed by atoms with Gasteiger partial charge in [-0.15, -0.1) is 11.6 Å². The molecule has 0 spiro atoms. The molecular weight excluding hydrogens is 188 g/mol. The third-order valence-corrected chi connectivity index (χ3v) is 1.53. The van der Waals surface area contributed by atoms with Crippen molar-refractivity contribution in [2.45, 2.75) is 26.1 Å². The Hall–Kier alpha value is -0.630. The van der Waals surface area contributed by atoms with Crippen LogP contribution in [0.25, 0.3) is 0 Å². The minimum Gasteiger partial charge on any atom is -0.493 e. The maximum atomic E-state index is 5.81. The highest BCUT2D eigenvalue weighted by molar-refractivity contribution is 6.21. The number of hydrogen-bond donors (Lipinski definition) is 0. The highest BCUT2D eigenvalue weighted by Crippen LogP contribution is 2.14. The Morgan fingerprint density at radius 1 is 1.46 bits per heavy atom. The molecule has 0 aromatic rings. The highest BCUT2D eigenvalue weighted by Gasteiger charge is 2.06. The van der Waals surface area contributed by atoms with Crippen LogP contribution in [0.15, 0.2) is 23.7 Å². The minimum atomic E-state index is -0.0645. The molecule has 0 N–H and O–H groups in total. The van der Waals surface area contributed by atoms with E-state index < -0.39 is 0 Å². The van der Waals surface area contributed by atoms with Gasteiger partial charge in [0.1, 0.15) is 0 Å². The van der Waals surface area contributed by atoms with Gasteiger partial charge in [0.05, 0.1) is 19.1 Å². The number of rotatable bonds is 5. The van der Waals surface area contributed by atoms with Crippen molar-refractivity contribution in [3.05, 3.63) is 23.7 Å². The van der Waals surface area contributed by atoms with E-state index in [4.69, 9.17) is 21.1 Å². The van der Waals surface area contributed by atoms with E-state index in [9.17, 15) is 0 Å². The lowest BCUT2D eigenvalue weighted by Gasteiger charge is -2.11. The second-order valence-electron chi connectivity index (χ2n) is 2.50. The van der Waals surface area contributed by atoms with Crippen LogP contribution in [-0.2, 0) is 9.47 Å². The van der Waals surface area contributed by atoms with Crippen molar-refractivity contribution >= 4 is 11.6 Å². The summed E-state index contributed by atoms with van der Waals surface area (Å²) in [5.74, 6) is 1.42. The van der Waals surface area contributed by atoms with Gasteiger partial charge in [-0.1, -0.05) is 0 Å². The van der Waals surface area contributed by atoms with Crippen molar-refractivity contribution in [1.82, 2.24) is 0 Å². The van der Waals surface area contributed by atoms with E-state index >= 15 is 0 Å². The van der Waals surface area contributed by atoms with Gasteiger partial charge in [-0.25, -0.2) is 0 Å². The minimum absolute atomic E-state index is 0.0645. The van der Waals surface area contributed by atoms with E-state index in [0.717, 1.165) is 5.76 Å². The molecule has 0 aromatic heterocycles. The maximum Gasteiger partial charge on any atom is 0.157 e. The number of methoxy groups -OCH3 is 1. The number of ether oxygens (including phenoxy) is 2. The van der Waals surface area contributed by atoms with Crippen LogP contribution in [0.1, 0.15) is 20.8 Å². The maximum absolute atomic E-state index is 5.81. The van der Waals surface area contributed by atoms with E-state index in [-0.39, 0.29) is 5.38 Å². The molecule has 0 aliphatic rings. The third-order valence-electron chi connectivity index (χ3n) is 1.41. The molecular formula is C10H17ClO2. The molecule has 0 aliphatic heterocycles. The molecule has 0 bridgehead atoms. The fraction of sp³-hybridized carbons (Fsp3) is 0.600. The molecule has 0 heterocycles. The molecule has 1 unspecified atom stereocenters. The number of allylic oxidation sites excluding steroid dienone is 2. The van der Waals surface area contributed by atoms with E-state index in [1.165, 1.54) is 0 Å². The number of alkyl halides is 1. The monoisotopic (exact) mass is 204 g/mol. The van der Waals surface area contributed by atoms with Gasteiger partial charge in [0.15, 0.2) is 11.5 Å². The average Bonchev–Trinajstić information content (AvgIpc) is 2.10. The van der Waals surface area contributed by atoms with Crippen LogP contribution < -0.4 is 0 Å². The lowest BCUT2D eigenvalue weighted by Crippen LogP contribution is -2.00. The summed E-state index contributed by atoms with van der Waals surface area (Å²) in [4.78, 5) is 0. The van der Waals surface area contributed by atoms with Crippen LogP contribution in [0.5, 0.6) is 0 Å². The van der Waals surface area contributed by atoms with E-state index in [1.54, 1.807) is 7.11 Å². The van der Waals surface area contributed by atoms with E-state index in [1.807, 2.05) is 32.9 Å². The SMILES string of the molecule is C/C=C(/OCC)C(=CC(C)Cl)OC. The summed E-state index contributed by atoms with van der Waals surface area (Å²) in [5.41, 5.74) is 0. The molecule has 0 radical (unpaired) electrons. The molecule has 13 heavy (non-hydrogen) atoms. The Kier molecular flexibility index (Phi) is 6.51. The van der Waals surface area contributed by atoms with Gasteiger partial charge in [-0.2, -0.15) is 0 Å². The van der Waals surface area contributed by atoms with Crippen molar-refractivity contribution in [3.63, 3.8) is 0 Å². The van der Waals surface area contributed by atoms with Gasteiger partial charge in [0.2, 0.25) is 0 Å². The number of halogens is 1. The predicted molar refractivity (Wildman–Crippen MR) is 55.8 cm³/mol. The Balaban J connectivity index is 4.54. The molecule has 0 rings (SSSR count). The van der Waals surface area contributed by atoms with Crippen LogP contribution in [0.3, 0.4) is 0 Å². The summed E-state index contributed by atoms with van der Waals surface area (Å²) in [6.07, 6.45) is 3.67. The molecule has 0 amide bonds. The van der Waals surface area contributed by atoms with E-state index in [2.05, 4.69) is 0 Å². The summed E-state index contributed by atoms with van der Waals surface area (Å²) in [5, 5.41) is -0.0645. The average molecular weight is 205 g/mol. The normalized spacial score (nSPS) is 15.5.